The molecule has 1 saturated carbocycles. The number of hydrogen-bond acceptors (Lipinski definition) is 2. The first kappa shape index (κ1) is 9.49. The Balaban J connectivity index is 2.17. The summed E-state index contributed by atoms with van der Waals surface area (Å²) >= 11 is 0. The molecule has 2 rings (SSSR count). The van der Waals surface area contributed by atoms with Gasteiger partial charge in [-0.2, -0.15) is 0 Å². The molecule has 0 bridgehead atoms. The standard InChI is InChI=1S/C10H16N2O2/c1-6-4-7(6)12-5-8(13)11-10(2,3)9(12)14/h6-7H,4-5H2,1-3H3,(H,11,13). The van der Waals surface area contributed by atoms with Crippen LogP contribution in [0.2, 0.25) is 0 Å². The summed E-state index contributed by atoms with van der Waals surface area (Å²) in [5.74, 6) is 0.556. The molecule has 1 saturated heterocycles. The van der Waals surface area contributed by atoms with Gasteiger partial charge in [-0.05, 0) is 26.2 Å². The summed E-state index contributed by atoms with van der Waals surface area (Å²) in [4.78, 5) is 25.0. The zero-order valence-corrected chi connectivity index (χ0v) is 8.83. The van der Waals surface area contributed by atoms with Crippen molar-refractivity contribution in [3.63, 3.8) is 0 Å². The lowest BCUT2D eigenvalue weighted by molar-refractivity contribution is -0.149. The maximum Gasteiger partial charge on any atom is 0.248 e. The Morgan fingerprint density at radius 3 is 2.50 bits per heavy atom. The van der Waals surface area contributed by atoms with Gasteiger partial charge < -0.3 is 10.2 Å². The lowest BCUT2D eigenvalue weighted by atomic mass is 10.0. The van der Waals surface area contributed by atoms with E-state index in [4.69, 9.17) is 0 Å². The molecule has 0 aromatic rings. The third kappa shape index (κ3) is 1.38. The molecule has 2 atom stereocenters. The summed E-state index contributed by atoms with van der Waals surface area (Å²) < 4.78 is 0. The third-order valence-corrected chi connectivity index (χ3v) is 3.03. The second-order valence-electron chi connectivity index (χ2n) is 4.89. The van der Waals surface area contributed by atoms with E-state index in [9.17, 15) is 9.59 Å². The largest absolute Gasteiger partial charge is 0.341 e. The van der Waals surface area contributed by atoms with Crippen LogP contribution in [0, 0.1) is 5.92 Å². The van der Waals surface area contributed by atoms with Crippen LogP contribution < -0.4 is 5.32 Å². The number of carbonyl (C=O) groups excluding carboxylic acids is 2. The van der Waals surface area contributed by atoms with E-state index >= 15 is 0 Å². The molecule has 2 unspecified atom stereocenters. The van der Waals surface area contributed by atoms with Crippen molar-refractivity contribution >= 4 is 11.8 Å². The first-order valence-electron chi connectivity index (χ1n) is 5.04. The second kappa shape index (κ2) is 2.72. The molecule has 2 aliphatic rings. The van der Waals surface area contributed by atoms with E-state index in [-0.39, 0.29) is 18.4 Å². The van der Waals surface area contributed by atoms with Crippen molar-refractivity contribution in [2.45, 2.75) is 38.8 Å². The predicted octanol–water partition coefficient (Wildman–Crippen LogP) is 0.132. The van der Waals surface area contributed by atoms with Crippen molar-refractivity contribution in [3.8, 4) is 0 Å². The van der Waals surface area contributed by atoms with E-state index < -0.39 is 5.54 Å². The van der Waals surface area contributed by atoms with E-state index in [1.54, 1.807) is 18.7 Å². The number of hydrogen-bond donors (Lipinski definition) is 1. The van der Waals surface area contributed by atoms with Gasteiger partial charge in [-0.3, -0.25) is 9.59 Å². The number of carbonyl (C=O) groups is 2. The van der Waals surface area contributed by atoms with Gasteiger partial charge in [0, 0.05) is 6.04 Å². The third-order valence-electron chi connectivity index (χ3n) is 3.03. The number of rotatable bonds is 1. The Morgan fingerprint density at radius 2 is 2.00 bits per heavy atom. The van der Waals surface area contributed by atoms with Gasteiger partial charge in [-0.1, -0.05) is 6.92 Å². The summed E-state index contributed by atoms with van der Waals surface area (Å²) in [6, 6.07) is 0.299. The summed E-state index contributed by atoms with van der Waals surface area (Å²) in [5, 5.41) is 2.70. The predicted molar refractivity (Wildman–Crippen MR) is 51.5 cm³/mol. The molecule has 78 valence electrons. The Morgan fingerprint density at radius 1 is 1.43 bits per heavy atom. The molecule has 4 heteroatoms. The molecule has 1 aliphatic carbocycles. The zero-order chi connectivity index (χ0) is 10.5. The van der Waals surface area contributed by atoms with Crippen molar-refractivity contribution in [1.82, 2.24) is 10.2 Å². The molecule has 1 N–H and O–H groups in total. The monoisotopic (exact) mass is 196 g/mol. The Hall–Kier alpha value is -1.06. The number of nitrogens with zero attached hydrogens (tertiary/aromatic N) is 1. The van der Waals surface area contributed by atoms with Crippen LogP contribution in [-0.2, 0) is 9.59 Å². The van der Waals surface area contributed by atoms with Crippen LogP contribution in [0.1, 0.15) is 27.2 Å². The highest BCUT2D eigenvalue weighted by Crippen LogP contribution is 2.36. The summed E-state index contributed by atoms with van der Waals surface area (Å²) in [6.07, 6.45) is 1.04. The van der Waals surface area contributed by atoms with E-state index in [1.165, 1.54) is 0 Å². The molecular formula is C10H16N2O2. The van der Waals surface area contributed by atoms with Gasteiger partial charge in [0.05, 0.1) is 6.54 Å². The molecule has 2 amide bonds. The highest BCUT2D eigenvalue weighted by atomic mass is 16.2. The summed E-state index contributed by atoms with van der Waals surface area (Å²) in [7, 11) is 0. The van der Waals surface area contributed by atoms with Crippen molar-refractivity contribution in [2.24, 2.45) is 5.92 Å². The Bertz CT molecular complexity index is 298. The van der Waals surface area contributed by atoms with Crippen LogP contribution in [0.25, 0.3) is 0 Å². The molecular weight excluding hydrogens is 180 g/mol. The van der Waals surface area contributed by atoms with Gasteiger partial charge in [0.25, 0.3) is 0 Å². The molecule has 0 aromatic carbocycles. The number of nitrogens with one attached hydrogen (secondary N) is 1. The first-order chi connectivity index (χ1) is 6.42. The van der Waals surface area contributed by atoms with Gasteiger partial charge in [-0.15, -0.1) is 0 Å². The molecule has 0 spiro atoms. The van der Waals surface area contributed by atoms with E-state index in [0.717, 1.165) is 6.42 Å². The minimum atomic E-state index is -0.725. The zero-order valence-electron chi connectivity index (χ0n) is 8.83. The number of piperazine rings is 1. The van der Waals surface area contributed by atoms with Crippen LogP contribution in [0.4, 0.5) is 0 Å². The quantitative estimate of drug-likeness (QED) is 0.648. The fraction of sp³-hybridized carbons (Fsp3) is 0.800. The molecule has 4 nitrogen and oxygen atoms in total. The minimum Gasteiger partial charge on any atom is -0.341 e. The van der Waals surface area contributed by atoms with Gasteiger partial charge in [0.15, 0.2) is 0 Å². The molecule has 2 fully saturated rings. The average Bonchev–Trinajstić information content (AvgIpc) is 2.74. The molecule has 1 aliphatic heterocycles. The van der Waals surface area contributed by atoms with Crippen LogP contribution in [0.3, 0.4) is 0 Å². The molecule has 1 heterocycles. The topological polar surface area (TPSA) is 49.4 Å². The van der Waals surface area contributed by atoms with Crippen molar-refractivity contribution in [1.29, 1.82) is 0 Å². The summed E-state index contributed by atoms with van der Waals surface area (Å²) in [5.41, 5.74) is -0.725. The highest BCUT2D eigenvalue weighted by molar-refractivity contribution is 5.97. The maximum atomic E-state index is 11.9. The van der Waals surface area contributed by atoms with Crippen molar-refractivity contribution < 1.29 is 9.59 Å². The summed E-state index contributed by atoms with van der Waals surface area (Å²) in [6.45, 7) is 5.85. The van der Waals surface area contributed by atoms with Crippen LogP contribution in [-0.4, -0.2) is 34.8 Å². The lowest BCUT2D eigenvalue weighted by Gasteiger charge is -2.37. The van der Waals surface area contributed by atoms with Gasteiger partial charge >= 0.3 is 0 Å². The SMILES string of the molecule is CC1CC1N1CC(=O)NC(C)(C)C1=O. The number of amides is 2. The van der Waals surface area contributed by atoms with Crippen LogP contribution in [0.5, 0.6) is 0 Å². The molecule has 0 radical (unpaired) electrons. The van der Waals surface area contributed by atoms with Gasteiger partial charge in [0.1, 0.15) is 5.54 Å². The first-order valence-corrected chi connectivity index (χ1v) is 5.04. The molecule has 14 heavy (non-hydrogen) atoms. The smallest absolute Gasteiger partial charge is 0.248 e. The lowest BCUT2D eigenvalue weighted by Crippen LogP contribution is -2.64. The van der Waals surface area contributed by atoms with Crippen molar-refractivity contribution in [3.05, 3.63) is 0 Å². The van der Waals surface area contributed by atoms with E-state index in [0.29, 0.717) is 12.0 Å². The second-order valence-corrected chi connectivity index (χ2v) is 4.89. The normalized spacial score (nSPS) is 35.5. The Labute approximate surface area is 83.6 Å². The average molecular weight is 196 g/mol. The highest BCUT2D eigenvalue weighted by Gasteiger charge is 2.48. The fourth-order valence-electron chi connectivity index (χ4n) is 2.03. The van der Waals surface area contributed by atoms with Gasteiger partial charge in [0.2, 0.25) is 11.8 Å². The molecule has 0 aromatic heterocycles. The van der Waals surface area contributed by atoms with E-state index in [2.05, 4.69) is 12.2 Å². The maximum absolute atomic E-state index is 11.9. The van der Waals surface area contributed by atoms with E-state index in [1.807, 2.05) is 0 Å². The Kier molecular flexibility index (Phi) is 1.84. The van der Waals surface area contributed by atoms with Gasteiger partial charge in [-0.25, -0.2) is 0 Å². The van der Waals surface area contributed by atoms with Crippen LogP contribution >= 0.6 is 0 Å². The fourth-order valence-corrected chi connectivity index (χ4v) is 2.03. The van der Waals surface area contributed by atoms with Crippen molar-refractivity contribution in [2.75, 3.05) is 6.54 Å². The van der Waals surface area contributed by atoms with Crippen LogP contribution in [0.15, 0.2) is 0 Å². The minimum absolute atomic E-state index is 0.0475.